The van der Waals surface area contributed by atoms with Gasteiger partial charge in [0.25, 0.3) is 16.5 Å². The predicted molar refractivity (Wildman–Crippen MR) is 121 cm³/mol. The third-order valence-corrected chi connectivity index (χ3v) is 15.3. The van der Waals surface area contributed by atoms with E-state index in [1.165, 1.54) is 22.5 Å². The molecule has 1 heterocycles. The molecule has 26 heavy (non-hydrogen) atoms. The van der Waals surface area contributed by atoms with Crippen molar-refractivity contribution in [2.45, 2.75) is 46.2 Å². The Bertz CT molecular complexity index is 862. The second-order valence-electron chi connectivity index (χ2n) is 9.43. The first-order valence-electron chi connectivity index (χ1n) is 9.32. The van der Waals surface area contributed by atoms with Crippen LogP contribution < -0.4 is 3.81 Å². The lowest BCUT2D eigenvalue weighted by atomic mass is 10.1. The van der Waals surface area contributed by atoms with Crippen LogP contribution in [0.25, 0.3) is 0 Å². The van der Waals surface area contributed by atoms with Gasteiger partial charge in [-0.1, -0.05) is 23.7 Å². The van der Waals surface area contributed by atoms with E-state index in [2.05, 4.69) is 93.4 Å². The standard InChI is InChI=1S/C21H31ClN2Si2/c1-17-11-12-21-18(13-17)15-23(20-10-8-9-19(22)14-20)16-24(21,25(2,3)4)26(5,6)7/h8-15H,16H2,1-7H3/q+2. The van der Waals surface area contributed by atoms with Crippen LogP contribution in [0.3, 0.4) is 0 Å². The van der Waals surface area contributed by atoms with Gasteiger partial charge < -0.3 is 3.81 Å². The van der Waals surface area contributed by atoms with Gasteiger partial charge in [-0.2, -0.15) is 4.58 Å². The molecule has 2 nitrogen and oxygen atoms in total. The summed E-state index contributed by atoms with van der Waals surface area (Å²) in [5.41, 5.74) is 5.38. The molecule has 0 spiro atoms. The monoisotopic (exact) mass is 402 g/mol. The zero-order valence-electron chi connectivity index (χ0n) is 17.1. The number of hydrogen-bond acceptors (Lipinski definition) is 0. The summed E-state index contributed by atoms with van der Waals surface area (Å²) in [5.74, 6) is 0. The summed E-state index contributed by atoms with van der Waals surface area (Å²) in [7, 11) is -3.19. The molecule has 0 N–H and O–H groups in total. The fraction of sp³-hybridized carbons (Fsp3) is 0.381. The molecule has 1 aliphatic heterocycles. The van der Waals surface area contributed by atoms with Crippen molar-refractivity contribution < 1.29 is 4.58 Å². The van der Waals surface area contributed by atoms with E-state index in [4.69, 9.17) is 11.6 Å². The zero-order chi connectivity index (χ0) is 19.3. The van der Waals surface area contributed by atoms with E-state index in [-0.39, 0.29) is 0 Å². The van der Waals surface area contributed by atoms with Crippen molar-refractivity contribution in [1.29, 1.82) is 0 Å². The smallest absolute Gasteiger partial charge is 0.269 e. The Labute approximate surface area is 165 Å². The van der Waals surface area contributed by atoms with Crippen LogP contribution in [-0.2, 0) is 0 Å². The lowest BCUT2D eigenvalue weighted by Gasteiger charge is -2.55. The maximum absolute atomic E-state index is 6.31. The molecular formula is C21H31ClN2Si2+2. The molecule has 0 aliphatic carbocycles. The van der Waals surface area contributed by atoms with E-state index in [1.807, 2.05) is 6.07 Å². The Morgan fingerprint density at radius 3 is 2.15 bits per heavy atom. The van der Waals surface area contributed by atoms with Crippen molar-refractivity contribution in [1.82, 2.24) is 3.81 Å². The fourth-order valence-corrected chi connectivity index (χ4v) is 15.8. The van der Waals surface area contributed by atoms with Crippen molar-refractivity contribution in [3.8, 4) is 0 Å². The van der Waals surface area contributed by atoms with Gasteiger partial charge in [0.15, 0.2) is 6.21 Å². The highest BCUT2D eigenvalue weighted by atomic mass is 35.5. The van der Waals surface area contributed by atoms with Crippen LogP contribution in [0.2, 0.25) is 44.3 Å². The number of hydrogen-bond donors (Lipinski definition) is 0. The number of fused-ring (bicyclic) bond motifs is 1. The number of halogens is 1. The molecule has 2 aromatic carbocycles. The molecule has 0 saturated carbocycles. The van der Waals surface area contributed by atoms with Crippen LogP contribution in [0, 0.1) is 6.92 Å². The van der Waals surface area contributed by atoms with E-state index >= 15 is 0 Å². The molecule has 0 atom stereocenters. The van der Waals surface area contributed by atoms with Crippen molar-refractivity contribution in [3.05, 3.63) is 58.6 Å². The topological polar surface area (TPSA) is 3.01 Å². The van der Waals surface area contributed by atoms with Crippen LogP contribution in [0.1, 0.15) is 11.1 Å². The molecule has 0 saturated heterocycles. The molecule has 0 fully saturated rings. The minimum atomic E-state index is -1.59. The Morgan fingerprint density at radius 2 is 1.58 bits per heavy atom. The molecule has 3 rings (SSSR count). The second kappa shape index (κ2) is 6.45. The van der Waals surface area contributed by atoms with Gasteiger partial charge in [-0.15, -0.1) is 0 Å². The van der Waals surface area contributed by atoms with Crippen LogP contribution in [0.4, 0.5) is 11.4 Å². The average molecular weight is 403 g/mol. The number of nitrogens with zero attached hydrogens (tertiary/aromatic N) is 2. The van der Waals surface area contributed by atoms with Gasteiger partial charge >= 0.3 is 0 Å². The third-order valence-electron chi connectivity index (χ3n) is 5.68. The average Bonchev–Trinajstić information content (AvgIpc) is 2.51. The number of aryl methyl sites for hydroxylation is 1. The third kappa shape index (κ3) is 3.13. The highest BCUT2D eigenvalue weighted by Crippen LogP contribution is 2.42. The summed E-state index contributed by atoms with van der Waals surface area (Å²) in [5, 5.41) is 0.796. The Morgan fingerprint density at radius 1 is 0.923 bits per heavy atom. The van der Waals surface area contributed by atoms with Gasteiger partial charge in [0, 0.05) is 17.2 Å². The number of rotatable bonds is 3. The summed E-state index contributed by atoms with van der Waals surface area (Å²) in [6, 6.07) is 15.3. The highest BCUT2D eigenvalue weighted by molar-refractivity contribution is 6.95. The molecule has 5 heteroatoms. The molecule has 0 amide bonds. The summed E-state index contributed by atoms with van der Waals surface area (Å²) in [4.78, 5) is 0. The van der Waals surface area contributed by atoms with E-state index in [1.54, 1.807) is 0 Å². The summed E-state index contributed by atoms with van der Waals surface area (Å²) >= 11 is 6.31. The van der Waals surface area contributed by atoms with Crippen molar-refractivity contribution in [2.24, 2.45) is 0 Å². The zero-order valence-corrected chi connectivity index (χ0v) is 19.9. The van der Waals surface area contributed by atoms with Crippen LogP contribution >= 0.6 is 11.6 Å². The maximum Gasteiger partial charge on any atom is 0.269 e. The molecule has 1 aliphatic rings. The minimum Gasteiger partial charge on any atom is -0.355 e. The first kappa shape index (κ1) is 19.6. The Balaban J connectivity index is 2.33. The summed E-state index contributed by atoms with van der Waals surface area (Å²) in [6.07, 6.45) is 2.32. The van der Waals surface area contributed by atoms with Gasteiger partial charge in [-0.05, 0) is 70.0 Å². The Hall–Kier alpha value is -1.21. The fourth-order valence-electron chi connectivity index (χ4n) is 4.60. The van der Waals surface area contributed by atoms with Gasteiger partial charge in [0.1, 0.15) is 5.69 Å². The Kier molecular flexibility index (Phi) is 4.85. The van der Waals surface area contributed by atoms with Gasteiger partial charge in [0.05, 0.1) is 5.56 Å². The van der Waals surface area contributed by atoms with Crippen molar-refractivity contribution in [2.75, 3.05) is 6.67 Å². The van der Waals surface area contributed by atoms with Gasteiger partial charge in [-0.25, -0.2) is 0 Å². The maximum atomic E-state index is 6.31. The van der Waals surface area contributed by atoms with Crippen LogP contribution in [0.5, 0.6) is 0 Å². The second-order valence-corrected chi connectivity index (χ2v) is 20.5. The molecule has 2 aromatic rings. The first-order chi connectivity index (χ1) is 12.0. The van der Waals surface area contributed by atoms with Crippen molar-refractivity contribution in [3.63, 3.8) is 0 Å². The molecule has 0 unspecified atom stereocenters. The largest absolute Gasteiger partial charge is 0.355 e. The summed E-state index contributed by atoms with van der Waals surface area (Å²) < 4.78 is 3.59. The van der Waals surface area contributed by atoms with Gasteiger partial charge in [0.2, 0.25) is 12.4 Å². The first-order valence-corrected chi connectivity index (χ1v) is 16.6. The lowest BCUT2D eigenvalue weighted by Crippen LogP contribution is -2.78. The number of quaternary nitrogens is 1. The highest BCUT2D eigenvalue weighted by Gasteiger charge is 2.58. The molecular weight excluding hydrogens is 372 g/mol. The predicted octanol–water partition coefficient (Wildman–Crippen LogP) is 6.36. The van der Waals surface area contributed by atoms with E-state index < -0.39 is 16.5 Å². The summed E-state index contributed by atoms with van der Waals surface area (Å²) in [6.45, 7) is 18.3. The van der Waals surface area contributed by atoms with Gasteiger partial charge in [-0.3, -0.25) is 0 Å². The lowest BCUT2D eigenvalue weighted by molar-refractivity contribution is -0.450. The van der Waals surface area contributed by atoms with E-state index in [0.29, 0.717) is 0 Å². The van der Waals surface area contributed by atoms with E-state index in [9.17, 15) is 0 Å². The number of benzene rings is 2. The molecule has 138 valence electrons. The van der Waals surface area contributed by atoms with Crippen LogP contribution in [0.15, 0.2) is 42.5 Å². The quantitative estimate of drug-likeness (QED) is 0.415. The van der Waals surface area contributed by atoms with Crippen molar-refractivity contribution >= 4 is 45.7 Å². The minimum absolute atomic E-state index is 0.796. The molecule has 0 radical (unpaired) electrons. The molecule has 0 aromatic heterocycles. The SMILES string of the molecule is Cc1ccc2c(c1)C=[N+](c1cccc(Cl)c1)C[N+]2([Si](C)(C)C)[Si](C)(C)C. The van der Waals surface area contributed by atoms with E-state index in [0.717, 1.165) is 15.5 Å². The normalized spacial score (nSPS) is 16.8. The van der Waals surface area contributed by atoms with Crippen LogP contribution in [-0.4, -0.2) is 33.9 Å². The molecule has 0 bridgehead atoms.